The van der Waals surface area contributed by atoms with Gasteiger partial charge in [0.15, 0.2) is 17.3 Å². The fraction of sp³-hybridized carbons (Fsp3) is 0.474. The first-order valence-electron chi connectivity index (χ1n) is 8.34. The normalized spacial score (nSPS) is 11.0. The van der Waals surface area contributed by atoms with Gasteiger partial charge in [-0.1, -0.05) is 0 Å². The number of fused-ring (bicyclic) bond motifs is 1. The van der Waals surface area contributed by atoms with Crippen molar-refractivity contribution in [3.8, 4) is 11.5 Å². The van der Waals surface area contributed by atoms with E-state index in [4.69, 9.17) is 14.2 Å². The number of ketones is 1. The fourth-order valence-corrected chi connectivity index (χ4v) is 3.75. The molecule has 5 nitrogen and oxygen atoms in total. The predicted molar refractivity (Wildman–Crippen MR) is 99.1 cm³/mol. The zero-order valence-electron chi connectivity index (χ0n) is 15.3. The number of hydrogen-bond donors (Lipinski definition) is 0. The molecule has 1 heterocycles. The van der Waals surface area contributed by atoms with Crippen LogP contribution in [0.25, 0.3) is 10.1 Å². The molecule has 1 aromatic heterocycles. The van der Waals surface area contributed by atoms with Crippen molar-refractivity contribution in [2.45, 2.75) is 46.6 Å². The highest BCUT2D eigenvalue weighted by Crippen LogP contribution is 2.40. The number of rotatable bonds is 8. The second-order valence-electron chi connectivity index (χ2n) is 5.95. The highest BCUT2D eigenvalue weighted by Gasteiger charge is 2.19. The molecular weight excluding hydrogens is 340 g/mol. The van der Waals surface area contributed by atoms with Gasteiger partial charge in [0.25, 0.3) is 0 Å². The van der Waals surface area contributed by atoms with Gasteiger partial charge in [-0.3, -0.25) is 9.59 Å². The third kappa shape index (κ3) is 4.51. The molecule has 0 N–H and O–H groups in total. The number of carbonyl (C=O) groups is 2. The van der Waals surface area contributed by atoms with Crippen LogP contribution in [0, 0.1) is 6.92 Å². The number of thiophene rings is 1. The third-order valence-corrected chi connectivity index (χ3v) is 5.00. The number of esters is 1. The van der Waals surface area contributed by atoms with E-state index in [0.29, 0.717) is 23.0 Å². The van der Waals surface area contributed by atoms with Crippen LogP contribution in [-0.2, 0) is 9.53 Å². The standard InChI is InChI=1S/C19H24O5S/c1-6-23-18(21)8-7-14(20)19-12(4)13-9-16(24-11(2)3)15(22-5)10-17(13)25-19/h9-11H,6-8H2,1-5H3. The summed E-state index contributed by atoms with van der Waals surface area (Å²) in [6.45, 7) is 7.90. The summed E-state index contributed by atoms with van der Waals surface area (Å²) in [5, 5.41) is 0.973. The topological polar surface area (TPSA) is 61.8 Å². The van der Waals surface area contributed by atoms with Gasteiger partial charge in [-0.05, 0) is 39.3 Å². The zero-order valence-corrected chi connectivity index (χ0v) is 16.1. The van der Waals surface area contributed by atoms with Crippen molar-refractivity contribution in [1.29, 1.82) is 0 Å². The number of Topliss-reactive ketones (excluding diaryl/α,β-unsaturated/α-hetero) is 1. The Balaban J connectivity index is 2.31. The van der Waals surface area contributed by atoms with Gasteiger partial charge in [0.2, 0.25) is 0 Å². The fourth-order valence-electron chi connectivity index (χ4n) is 2.56. The van der Waals surface area contributed by atoms with Crippen LogP contribution in [0.3, 0.4) is 0 Å². The first kappa shape index (κ1) is 19.2. The Kier molecular flexibility index (Phi) is 6.42. The van der Waals surface area contributed by atoms with Crippen LogP contribution in [0.15, 0.2) is 12.1 Å². The number of ether oxygens (including phenoxy) is 3. The number of benzene rings is 1. The molecule has 25 heavy (non-hydrogen) atoms. The van der Waals surface area contributed by atoms with Gasteiger partial charge in [0.05, 0.1) is 31.1 Å². The Hall–Kier alpha value is -2.08. The van der Waals surface area contributed by atoms with Crippen molar-refractivity contribution in [1.82, 2.24) is 0 Å². The SMILES string of the molecule is CCOC(=O)CCC(=O)c1sc2cc(OC)c(OC(C)C)cc2c1C. The number of methoxy groups -OCH3 is 1. The first-order valence-corrected chi connectivity index (χ1v) is 9.15. The van der Waals surface area contributed by atoms with Gasteiger partial charge in [0, 0.05) is 22.6 Å². The molecule has 136 valence electrons. The van der Waals surface area contributed by atoms with E-state index in [1.165, 1.54) is 11.3 Å². The van der Waals surface area contributed by atoms with Crippen LogP contribution in [0.4, 0.5) is 0 Å². The quantitative estimate of drug-likeness (QED) is 0.509. The molecule has 0 amide bonds. The lowest BCUT2D eigenvalue weighted by Gasteiger charge is -2.13. The maximum absolute atomic E-state index is 12.5. The summed E-state index contributed by atoms with van der Waals surface area (Å²) in [6.07, 6.45) is 0.278. The molecule has 0 aliphatic rings. The summed E-state index contributed by atoms with van der Waals surface area (Å²) < 4.78 is 17.1. The third-order valence-electron chi connectivity index (χ3n) is 3.70. The van der Waals surface area contributed by atoms with Gasteiger partial charge in [0.1, 0.15) is 0 Å². The Morgan fingerprint density at radius 2 is 1.88 bits per heavy atom. The van der Waals surface area contributed by atoms with Crippen LogP contribution < -0.4 is 9.47 Å². The predicted octanol–water partition coefficient (Wildman–Crippen LogP) is 4.53. The summed E-state index contributed by atoms with van der Waals surface area (Å²) in [7, 11) is 1.60. The van der Waals surface area contributed by atoms with E-state index in [1.54, 1.807) is 14.0 Å². The van der Waals surface area contributed by atoms with Crippen LogP contribution in [0.5, 0.6) is 11.5 Å². The maximum Gasteiger partial charge on any atom is 0.306 e. The molecule has 2 rings (SSSR count). The van der Waals surface area contributed by atoms with Crippen LogP contribution in [-0.4, -0.2) is 31.6 Å². The summed E-state index contributed by atoms with van der Waals surface area (Å²) in [5.74, 6) is 0.922. The number of aryl methyl sites for hydroxylation is 1. The highest BCUT2D eigenvalue weighted by molar-refractivity contribution is 7.21. The number of hydrogen-bond acceptors (Lipinski definition) is 6. The molecule has 0 spiro atoms. The average Bonchev–Trinajstić information content (AvgIpc) is 2.88. The van der Waals surface area contributed by atoms with Gasteiger partial charge in [-0.15, -0.1) is 11.3 Å². The van der Waals surface area contributed by atoms with E-state index in [-0.39, 0.29) is 30.7 Å². The van der Waals surface area contributed by atoms with E-state index >= 15 is 0 Å². The molecule has 2 aromatic rings. The van der Waals surface area contributed by atoms with E-state index in [9.17, 15) is 9.59 Å². The van der Waals surface area contributed by atoms with Gasteiger partial charge in [-0.25, -0.2) is 0 Å². The Bertz CT molecular complexity index is 776. The minimum atomic E-state index is -0.344. The van der Waals surface area contributed by atoms with E-state index < -0.39 is 0 Å². The Morgan fingerprint density at radius 3 is 2.48 bits per heavy atom. The lowest BCUT2D eigenvalue weighted by Crippen LogP contribution is -2.07. The molecule has 0 saturated carbocycles. The van der Waals surface area contributed by atoms with Crippen molar-refractivity contribution in [3.05, 3.63) is 22.6 Å². The molecule has 6 heteroatoms. The lowest BCUT2D eigenvalue weighted by molar-refractivity contribution is -0.143. The van der Waals surface area contributed by atoms with E-state index in [1.807, 2.05) is 32.9 Å². The molecular formula is C19H24O5S. The molecule has 0 aliphatic carbocycles. The lowest BCUT2D eigenvalue weighted by atomic mass is 10.1. The maximum atomic E-state index is 12.5. The Morgan fingerprint density at radius 1 is 1.16 bits per heavy atom. The zero-order chi connectivity index (χ0) is 18.6. The molecule has 0 radical (unpaired) electrons. The van der Waals surface area contributed by atoms with Crippen LogP contribution >= 0.6 is 11.3 Å². The molecule has 0 bridgehead atoms. The highest BCUT2D eigenvalue weighted by atomic mass is 32.1. The smallest absolute Gasteiger partial charge is 0.306 e. The van der Waals surface area contributed by atoms with Crippen molar-refractivity contribution in [3.63, 3.8) is 0 Å². The summed E-state index contributed by atoms with van der Waals surface area (Å²) in [5.41, 5.74) is 0.908. The van der Waals surface area contributed by atoms with Crippen LogP contribution in [0.1, 0.15) is 48.8 Å². The van der Waals surface area contributed by atoms with Gasteiger partial charge in [-0.2, -0.15) is 0 Å². The van der Waals surface area contributed by atoms with Crippen molar-refractivity contribution >= 4 is 33.2 Å². The largest absolute Gasteiger partial charge is 0.493 e. The second-order valence-corrected chi connectivity index (χ2v) is 7.00. The Labute approximate surface area is 151 Å². The monoisotopic (exact) mass is 364 g/mol. The minimum Gasteiger partial charge on any atom is -0.493 e. The number of carbonyl (C=O) groups excluding carboxylic acids is 2. The van der Waals surface area contributed by atoms with Crippen LogP contribution in [0.2, 0.25) is 0 Å². The molecule has 0 aliphatic heterocycles. The molecule has 0 fully saturated rings. The first-order chi connectivity index (χ1) is 11.9. The van der Waals surface area contributed by atoms with Gasteiger partial charge < -0.3 is 14.2 Å². The van der Waals surface area contributed by atoms with Crippen molar-refractivity contribution in [2.24, 2.45) is 0 Å². The van der Waals surface area contributed by atoms with Gasteiger partial charge >= 0.3 is 5.97 Å². The van der Waals surface area contributed by atoms with Crippen molar-refractivity contribution in [2.75, 3.05) is 13.7 Å². The molecule has 1 aromatic carbocycles. The molecule has 0 atom stereocenters. The summed E-state index contributed by atoms with van der Waals surface area (Å²) in [4.78, 5) is 24.6. The second kappa shape index (κ2) is 8.34. The minimum absolute atomic E-state index is 0.0240. The summed E-state index contributed by atoms with van der Waals surface area (Å²) in [6, 6.07) is 3.81. The van der Waals surface area contributed by atoms with E-state index in [2.05, 4.69) is 0 Å². The molecule has 0 saturated heterocycles. The summed E-state index contributed by atoms with van der Waals surface area (Å²) >= 11 is 1.42. The van der Waals surface area contributed by atoms with E-state index in [0.717, 1.165) is 15.6 Å². The van der Waals surface area contributed by atoms with Crippen molar-refractivity contribution < 1.29 is 23.8 Å². The average molecular weight is 364 g/mol. The molecule has 0 unspecified atom stereocenters.